The van der Waals surface area contributed by atoms with Crippen LogP contribution in [0.25, 0.3) is 0 Å². The van der Waals surface area contributed by atoms with Crippen LogP contribution >= 0.6 is 0 Å². The highest BCUT2D eigenvalue weighted by molar-refractivity contribution is 5.67. The fourth-order valence-corrected chi connectivity index (χ4v) is 2.35. The minimum atomic E-state index is -0.881. The normalized spacial score (nSPS) is 10.3. The molecule has 0 aromatic carbocycles. The van der Waals surface area contributed by atoms with Crippen LogP contribution in [0, 0.1) is 25.2 Å². The van der Waals surface area contributed by atoms with Gasteiger partial charge in [0, 0.05) is 18.7 Å². The van der Waals surface area contributed by atoms with Gasteiger partial charge in [-0.2, -0.15) is 5.26 Å². The summed E-state index contributed by atoms with van der Waals surface area (Å²) in [6, 6.07) is 1.95. The van der Waals surface area contributed by atoms with Crippen molar-refractivity contribution in [3.8, 4) is 6.07 Å². The van der Waals surface area contributed by atoms with Crippen LogP contribution in [0.15, 0.2) is 4.79 Å². The van der Waals surface area contributed by atoms with Gasteiger partial charge in [0.25, 0.3) is 5.56 Å². The molecule has 0 atom stereocenters. The summed E-state index contributed by atoms with van der Waals surface area (Å²) in [7, 11) is 0. The van der Waals surface area contributed by atoms with Crippen molar-refractivity contribution in [1.82, 2.24) is 4.57 Å². The standard InChI is InChI=1S/C15H20N2O3/c1-4-5-8-17-11(3)12(6-7-14(18)19)10(2)13(9-16)15(17)20/h4-8H2,1-3H3,(H,18,19). The first-order chi connectivity index (χ1) is 9.43. The topological polar surface area (TPSA) is 83.1 Å². The van der Waals surface area contributed by atoms with Gasteiger partial charge in [-0.25, -0.2) is 0 Å². The van der Waals surface area contributed by atoms with Crippen molar-refractivity contribution in [3.05, 3.63) is 32.7 Å². The van der Waals surface area contributed by atoms with E-state index in [-0.39, 0.29) is 17.5 Å². The van der Waals surface area contributed by atoms with Crippen molar-refractivity contribution >= 4 is 5.97 Å². The molecule has 0 aliphatic heterocycles. The minimum Gasteiger partial charge on any atom is -0.481 e. The van der Waals surface area contributed by atoms with Gasteiger partial charge in [0.2, 0.25) is 0 Å². The molecule has 0 bridgehead atoms. The summed E-state index contributed by atoms with van der Waals surface area (Å²) in [4.78, 5) is 23.0. The Morgan fingerprint density at radius 1 is 1.40 bits per heavy atom. The van der Waals surface area contributed by atoms with Crippen LogP contribution in [0.5, 0.6) is 0 Å². The third kappa shape index (κ3) is 3.27. The van der Waals surface area contributed by atoms with Crippen molar-refractivity contribution in [1.29, 1.82) is 5.26 Å². The van der Waals surface area contributed by atoms with E-state index >= 15 is 0 Å². The number of pyridine rings is 1. The maximum Gasteiger partial charge on any atom is 0.303 e. The third-order valence-electron chi connectivity index (χ3n) is 3.56. The van der Waals surface area contributed by atoms with Crippen molar-refractivity contribution in [2.75, 3.05) is 0 Å². The van der Waals surface area contributed by atoms with Crippen LogP contribution in [-0.4, -0.2) is 15.6 Å². The number of aliphatic carboxylic acids is 1. The Morgan fingerprint density at radius 3 is 2.55 bits per heavy atom. The molecule has 0 amide bonds. The number of nitrogens with zero attached hydrogens (tertiary/aromatic N) is 2. The van der Waals surface area contributed by atoms with Crippen molar-refractivity contribution in [3.63, 3.8) is 0 Å². The highest BCUT2D eigenvalue weighted by Crippen LogP contribution is 2.17. The van der Waals surface area contributed by atoms with E-state index in [0.29, 0.717) is 18.5 Å². The van der Waals surface area contributed by atoms with Gasteiger partial charge in [-0.1, -0.05) is 13.3 Å². The summed E-state index contributed by atoms with van der Waals surface area (Å²) in [5.41, 5.74) is 2.06. The van der Waals surface area contributed by atoms with Gasteiger partial charge in [0.1, 0.15) is 11.6 Å². The number of unbranched alkanes of at least 4 members (excludes halogenated alkanes) is 1. The lowest BCUT2D eigenvalue weighted by molar-refractivity contribution is -0.136. The van der Waals surface area contributed by atoms with Crippen molar-refractivity contribution < 1.29 is 9.90 Å². The Balaban J connectivity index is 3.39. The van der Waals surface area contributed by atoms with Crippen molar-refractivity contribution in [2.45, 2.75) is 53.0 Å². The zero-order chi connectivity index (χ0) is 15.3. The Kier molecular flexibility index (Phi) is 5.51. The molecule has 0 fully saturated rings. The molecule has 1 aromatic rings. The van der Waals surface area contributed by atoms with Crippen LogP contribution < -0.4 is 5.56 Å². The number of aromatic nitrogens is 1. The number of rotatable bonds is 6. The number of carboxylic acids is 1. The van der Waals surface area contributed by atoms with Gasteiger partial charge < -0.3 is 9.67 Å². The second-order valence-corrected chi connectivity index (χ2v) is 4.88. The van der Waals surface area contributed by atoms with Crippen LogP contribution in [-0.2, 0) is 17.8 Å². The molecule has 0 saturated heterocycles. The molecule has 20 heavy (non-hydrogen) atoms. The quantitative estimate of drug-likeness (QED) is 0.863. The van der Waals surface area contributed by atoms with E-state index in [4.69, 9.17) is 10.4 Å². The fourth-order valence-electron chi connectivity index (χ4n) is 2.35. The Bertz CT molecular complexity index is 609. The maximum absolute atomic E-state index is 12.3. The molecular weight excluding hydrogens is 256 g/mol. The van der Waals surface area contributed by atoms with E-state index < -0.39 is 5.97 Å². The van der Waals surface area contributed by atoms with Crippen LogP contribution in [0.4, 0.5) is 0 Å². The van der Waals surface area contributed by atoms with Gasteiger partial charge in [0.15, 0.2) is 0 Å². The molecule has 0 spiro atoms. The lowest BCUT2D eigenvalue weighted by Crippen LogP contribution is -2.28. The highest BCUT2D eigenvalue weighted by atomic mass is 16.4. The van der Waals surface area contributed by atoms with E-state index in [9.17, 15) is 9.59 Å². The molecule has 5 nitrogen and oxygen atoms in total. The zero-order valence-corrected chi connectivity index (χ0v) is 12.2. The van der Waals surface area contributed by atoms with Gasteiger partial charge in [-0.05, 0) is 37.8 Å². The summed E-state index contributed by atoms with van der Waals surface area (Å²) in [5.74, 6) is -0.881. The molecule has 1 heterocycles. The highest BCUT2D eigenvalue weighted by Gasteiger charge is 2.17. The average molecular weight is 276 g/mol. The molecule has 1 rings (SSSR count). The van der Waals surface area contributed by atoms with Crippen LogP contribution in [0.1, 0.15) is 48.6 Å². The monoisotopic (exact) mass is 276 g/mol. The van der Waals surface area contributed by atoms with E-state index in [0.717, 1.165) is 24.1 Å². The molecule has 0 saturated carbocycles. The smallest absolute Gasteiger partial charge is 0.303 e. The van der Waals surface area contributed by atoms with Gasteiger partial charge >= 0.3 is 5.97 Å². The number of carbonyl (C=O) groups is 1. The van der Waals surface area contributed by atoms with Gasteiger partial charge in [-0.3, -0.25) is 9.59 Å². The van der Waals surface area contributed by atoms with Gasteiger partial charge in [0.05, 0.1) is 0 Å². The first kappa shape index (κ1) is 16.0. The summed E-state index contributed by atoms with van der Waals surface area (Å²) >= 11 is 0. The lowest BCUT2D eigenvalue weighted by atomic mass is 9.98. The fraction of sp³-hybridized carbons (Fsp3) is 0.533. The van der Waals surface area contributed by atoms with Crippen molar-refractivity contribution in [2.24, 2.45) is 0 Å². The van der Waals surface area contributed by atoms with E-state index in [1.807, 2.05) is 19.9 Å². The number of hydrogen-bond acceptors (Lipinski definition) is 3. The Hall–Kier alpha value is -2.09. The molecule has 1 aromatic heterocycles. The molecule has 0 aliphatic carbocycles. The summed E-state index contributed by atoms with van der Waals surface area (Å²) in [6.07, 6.45) is 2.14. The molecular formula is C15H20N2O3. The Labute approximate surface area is 118 Å². The number of hydrogen-bond donors (Lipinski definition) is 1. The lowest BCUT2D eigenvalue weighted by Gasteiger charge is -2.17. The first-order valence-electron chi connectivity index (χ1n) is 6.78. The molecule has 108 valence electrons. The zero-order valence-electron chi connectivity index (χ0n) is 12.2. The number of nitriles is 1. The second kappa shape index (κ2) is 6.90. The molecule has 0 unspecified atom stereocenters. The largest absolute Gasteiger partial charge is 0.481 e. The Morgan fingerprint density at radius 2 is 2.05 bits per heavy atom. The second-order valence-electron chi connectivity index (χ2n) is 4.88. The summed E-state index contributed by atoms with van der Waals surface area (Å²) in [5, 5.41) is 18.0. The number of carboxylic acid groups (broad SMARTS) is 1. The molecule has 1 N–H and O–H groups in total. The predicted octanol–water partition coefficient (Wildman–Crippen LogP) is 2.15. The van der Waals surface area contributed by atoms with E-state index in [2.05, 4.69) is 0 Å². The molecule has 5 heteroatoms. The predicted molar refractivity (Wildman–Crippen MR) is 75.8 cm³/mol. The van der Waals surface area contributed by atoms with Crippen LogP contribution in [0.2, 0.25) is 0 Å². The molecule has 0 radical (unpaired) electrons. The SMILES string of the molecule is CCCCn1c(C)c(CCC(=O)O)c(C)c(C#N)c1=O. The van der Waals surface area contributed by atoms with Gasteiger partial charge in [-0.15, -0.1) is 0 Å². The van der Waals surface area contributed by atoms with E-state index in [1.54, 1.807) is 11.5 Å². The summed E-state index contributed by atoms with van der Waals surface area (Å²) in [6.45, 7) is 6.14. The first-order valence-corrected chi connectivity index (χ1v) is 6.78. The summed E-state index contributed by atoms with van der Waals surface area (Å²) < 4.78 is 1.60. The average Bonchev–Trinajstić information content (AvgIpc) is 2.38. The minimum absolute atomic E-state index is 0.00146. The van der Waals surface area contributed by atoms with E-state index in [1.165, 1.54) is 0 Å². The maximum atomic E-state index is 12.3. The third-order valence-corrected chi connectivity index (χ3v) is 3.56. The molecule has 0 aliphatic rings. The van der Waals surface area contributed by atoms with Crippen LogP contribution in [0.3, 0.4) is 0 Å².